The lowest BCUT2D eigenvalue weighted by Gasteiger charge is -2.43. The third-order valence-corrected chi connectivity index (χ3v) is 6.27. The van der Waals surface area contributed by atoms with Crippen molar-refractivity contribution in [3.63, 3.8) is 0 Å². The number of fused-ring (bicyclic) bond motifs is 1. The monoisotopic (exact) mass is 438 g/mol. The highest BCUT2D eigenvalue weighted by atomic mass is 19.4. The van der Waals surface area contributed by atoms with Gasteiger partial charge >= 0.3 is 12.2 Å². The van der Waals surface area contributed by atoms with Gasteiger partial charge in [0.1, 0.15) is 0 Å². The Hall–Kier alpha value is -2.47. The number of nitrogens with zero attached hydrogens (tertiary/aromatic N) is 3. The molecule has 1 aromatic carbocycles. The standard InChI is InChI=1S/C22H29F3N4O2/c1-3-8-27-20(30)28-9-7-17-12-29(14-21(17,13-28)15-31-4-2)18-6-5-16(11-26)19(10-18)22(23,24)25/h5-6,10,17H,3-4,7-9,12-15H2,1-2H3,(H,27,30). The molecule has 1 N–H and O–H groups in total. The SMILES string of the molecule is CCCNC(=O)N1CCC2CN(c3ccc(C#N)c(C(F)(F)F)c3)CC2(COCC)C1. The summed E-state index contributed by atoms with van der Waals surface area (Å²) in [5, 5.41) is 12.0. The van der Waals surface area contributed by atoms with Crippen molar-refractivity contribution in [2.24, 2.45) is 11.3 Å². The minimum absolute atomic E-state index is 0.104. The van der Waals surface area contributed by atoms with E-state index in [0.29, 0.717) is 51.6 Å². The van der Waals surface area contributed by atoms with Crippen molar-refractivity contribution in [2.75, 3.05) is 50.8 Å². The summed E-state index contributed by atoms with van der Waals surface area (Å²) in [5.74, 6) is 0.208. The fourth-order valence-corrected chi connectivity index (χ4v) is 4.67. The Morgan fingerprint density at radius 1 is 1.35 bits per heavy atom. The molecule has 9 heteroatoms. The van der Waals surface area contributed by atoms with E-state index in [1.165, 1.54) is 6.07 Å². The molecule has 31 heavy (non-hydrogen) atoms. The number of carbonyl (C=O) groups excluding carboxylic acids is 1. The fraction of sp³-hybridized carbons (Fsp3) is 0.636. The number of amides is 2. The third kappa shape index (κ3) is 4.90. The molecule has 2 saturated heterocycles. The molecular weight excluding hydrogens is 409 g/mol. The van der Waals surface area contributed by atoms with E-state index in [1.807, 2.05) is 18.7 Å². The number of anilines is 1. The highest BCUT2D eigenvalue weighted by Crippen LogP contribution is 2.45. The summed E-state index contributed by atoms with van der Waals surface area (Å²) in [6, 6.07) is 5.40. The number of hydrogen-bond donors (Lipinski definition) is 1. The van der Waals surface area contributed by atoms with Gasteiger partial charge in [-0.1, -0.05) is 6.92 Å². The van der Waals surface area contributed by atoms with E-state index >= 15 is 0 Å². The van der Waals surface area contributed by atoms with Crippen LogP contribution in [0.5, 0.6) is 0 Å². The van der Waals surface area contributed by atoms with E-state index < -0.39 is 11.7 Å². The van der Waals surface area contributed by atoms with Crippen LogP contribution in [-0.2, 0) is 10.9 Å². The molecule has 0 aromatic heterocycles. The minimum Gasteiger partial charge on any atom is -0.381 e. The predicted octanol–water partition coefficient (Wildman–Crippen LogP) is 3.86. The molecule has 6 nitrogen and oxygen atoms in total. The van der Waals surface area contributed by atoms with E-state index in [9.17, 15) is 18.0 Å². The van der Waals surface area contributed by atoms with Gasteiger partial charge in [-0.3, -0.25) is 0 Å². The van der Waals surface area contributed by atoms with Crippen molar-refractivity contribution in [3.8, 4) is 6.07 Å². The maximum absolute atomic E-state index is 13.4. The summed E-state index contributed by atoms with van der Waals surface area (Å²) in [6.45, 7) is 7.70. The molecule has 0 spiro atoms. The van der Waals surface area contributed by atoms with Crippen molar-refractivity contribution in [2.45, 2.75) is 32.9 Å². The van der Waals surface area contributed by atoms with Gasteiger partial charge in [0.15, 0.2) is 0 Å². The lowest BCUT2D eigenvalue weighted by molar-refractivity contribution is -0.137. The molecule has 170 valence electrons. The zero-order valence-electron chi connectivity index (χ0n) is 18.0. The molecule has 2 unspecified atom stereocenters. The largest absolute Gasteiger partial charge is 0.417 e. The number of hydrogen-bond acceptors (Lipinski definition) is 4. The number of benzene rings is 1. The van der Waals surface area contributed by atoms with Crippen molar-refractivity contribution >= 4 is 11.7 Å². The van der Waals surface area contributed by atoms with Gasteiger partial charge in [-0.2, -0.15) is 18.4 Å². The fourth-order valence-electron chi connectivity index (χ4n) is 4.67. The molecule has 2 amide bonds. The number of rotatable bonds is 6. The highest BCUT2D eigenvalue weighted by Gasteiger charge is 2.51. The molecule has 2 aliphatic rings. The van der Waals surface area contributed by atoms with Crippen LogP contribution in [0.15, 0.2) is 18.2 Å². The summed E-state index contributed by atoms with van der Waals surface area (Å²) in [5.41, 5.74) is -1.19. The van der Waals surface area contributed by atoms with E-state index in [1.54, 1.807) is 17.0 Å². The summed E-state index contributed by atoms with van der Waals surface area (Å²) in [4.78, 5) is 16.3. The second-order valence-electron chi connectivity index (χ2n) is 8.36. The smallest absolute Gasteiger partial charge is 0.381 e. The van der Waals surface area contributed by atoms with E-state index in [4.69, 9.17) is 10.00 Å². The van der Waals surface area contributed by atoms with Crippen LogP contribution in [-0.4, -0.2) is 56.9 Å². The predicted molar refractivity (Wildman–Crippen MR) is 111 cm³/mol. The topological polar surface area (TPSA) is 68.6 Å². The number of nitriles is 1. The summed E-state index contributed by atoms with van der Waals surface area (Å²) >= 11 is 0. The van der Waals surface area contributed by atoms with Gasteiger partial charge in [-0.05, 0) is 43.9 Å². The maximum Gasteiger partial charge on any atom is 0.417 e. The first kappa shape index (κ1) is 23.2. The summed E-state index contributed by atoms with van der Waals surface area (Å²) < 4.78 is 46.1. The lowest BCUT2D eigenvalue weighted by atomic mass is 9.74. The number of ether oxygens (including phenoxy) is 1. The number of piperidine rings is 1. The molecule has 0 saturated carbocycles. The average molecular weight is 438 g/mol. The molecule has 2 heterocycles. The summed E-state index contributed by atoms with van der Waals surface area (Å²) in [7, 11) is 0. The lowest BCUT2D eigenvalue weighted by Crippen LogP contribution is -2.55. The Morgan fingerprint density at radius 3 is 2.77 bits per heavy atom. The molecule has 2 fully saturated rings. The first-order valence-electron chi connectivity index (χ1n) is 10.7. The van der Waals surface area contributed by atoms with Gasteiger partial charge < -0.3 is 19.9 Å². The van der Waals surface area contributed by atoms with Crippen molar-refractivity contribution in [1.29, 1.82) is 5.26 Å². The second kappa shape index (κ2) is 9.35. The number of urea groups is 1. The maximum atomic E-state index is 13.4. The summed E-state index contributed by atoms with van der Waals surface area (Å²) in [6.07, 6.45) is -2.98. The van der Waals surface area contributed by atoms with Crippen LogP contribution in [0.4, 0.5) is 23.7 Å². The van der Waals surface area contributed by atoms with Crippen molar-refractivity contribution in [1.82, 2.24) is 10.2 Å². The number of carbonyl (C=O) groups is 1. The van der Waals surface area contributed by atoms with Crippen LogP contribution in [0.2, 0.25) is 0 Å². The number of alkyl halides is 3. The van der Waals surface area contributed by atoms with Gasteiger partial charge in [0.25, 0.3) is 0 Å². The van der Waals surface area contributed by atoms with Gasteiger partial charge in [-0.15, -0.1) is 0 Å². The number of nitrogens with one attached hydrogen (secondary N) is 1. The first-order valence-corrected chi connectivity index (χ1v) is 10.7. The van der Waals surface area contributed by atoms with Gasteiger partial charge in [0.05, 0.1) is 23.8 Å². The van der Waals surface area contributed by atoms with E-state index in [2.05, 4.69) is 5.32 Å². The van der Waals surface area contributed by atoms with Crippen LogP contribution in [0.25, 0.3) is 0 Å². The van der Waals surface area contributed by atoms with Crippen LogP contribution >= 0.6 is 0 Å². The molecule has 3 rings (SSSR count). The normalized spacial score (nSPS) is 23.4. The van der Waals surface area contributed by atoms with E-state index in [-0.39, 0.29) is 22.9 Å². The highest BCUT2D eigenvalue weighted by molar-refractivity contribution is 5.74. The molecular formula is C22H29F3N4O2. The molecule has 0 radical (unpaired) electrons. The minimum atomic E-state index is -4.59. The van der Waals surface area contributed by atoms with Crippen LogP contribution < -0.4 is 10.2 Å². The second-order valence-corrected chi connectivity index (χ2v) is 8.36. The Bertz CT molecular complexity index is 839. The Labute approximate surface area is 180 Å². The number of halogens is 3. The molecule has 2 aliphatic heterocycles. The Morgan fingerprint density at radius 2 is 2.13 bits per heavy atom. The van der Waals surface area contributed by atoms with Crippen molar-refractivity contribution in [3.05, 3.63) is 29.3 Å². The van der Waals surface area contributed by atoms with Gasteiger partial charge in [0.2, 0.25) is 0 Å². The van der Waals surface area contributed by atoms with Gasteiger partial charge in [-0.25, -0.2) is 4.79 Å². The first-order chi connectivity index (χ1) is 14.7. The Kier molecular flexibility index (Phi) is 6.99. The molecule has 2 atom stereocenters. The molecule has 0 aliphatic carbocycles. The quantitative estimate of drug-likeness (QED) is 0.732. The van der Waals surface area contributed by atoms with E-state index in [0.717, 1.165) is 18.9 Å². The molecule has 1 aromatic rings. The average Bonchev–Trinajstić information content (AvgIpc) is 3.14. The van der Waals surface area contributed by atoms with Crippen LogP contribution in [0.1, 0.15) is 37.8 Å². The third-order valence-electron chi connectivity index (χ3n) is 6.27. The van der Waals surface area contributed by atoms with Gasteiger partial charge in [0, 0.05) is 50.4 Å². The zero-order valence-corrected chi connectivity index (χ0v) is 18.0. The zero-order chi connectivity index (χ0) is 22.6. The van der Waals surface area contributed by atoms with Crippen LogP contribution in [0, 0.1) is 22.7 Å². The van der Waals surface area contributed by atoms with Crippen molar-refractivity contribution < 1.29 is 22.7 Å². The van der Waals surface area contributed by atoms with Crippen LogP contribution in [0.3, 0.4) is 0 Å². The molecule has 0 bridgehead atoms. The Balaban J connectivity index is 1.86. The number of likely N-dealkylation sites (tertiary alicyclic amines) is 1.